The summed E-state index contributed by atoms with van der Waals surface area (Å²) in [5.74, 6) is 0.786. The van der Waals surface area contributed by atoms with E-state index in [-0.39, 0.29) is 11.7 Å². The van der Waals surface area contributed by atoms with E-state index < -0.39 is 7.04 Å². The van der Waals surface area contributed by atoms with Crippen molar-refractivity contribution >= 4 is 11.6 Å². The standard InChI is InChI=1S/C20H19N3O3/c1-22-10-9-15(21-22)13-26-18-7-8-19-14(11-18)12-23(20(19)24)16-3-5-17(25-2)6-4-16/h3-11H,12-13H2,1-2H3/i2D3. The summed E-state index contributed by atoms with van der Waals surface area (Å²) in [4.78, 5) is 14.4. The number of hydrogen-bond donors (Lipinski definition) is 0. The van der Waals surface area contributed by atoms with Gasteiger partial charge in [-0.15, -0.1) is 0 Å². The van der Waals surface area contributed by atoms with Gasteiger partial charge in [0.1, 0.15) is 18.1 Å². The minimum Gasteiger partial charge on any atom is -0.497 e. The Morgan fingerprint density at radius 2 is 1.96 bits per heavy atom. The molecule has 3 aromatic rings. The van der Waals surface area contributed by atoms with Gasteiger partial charge in [-0.05, 0) is 54.1 Å². The largest absolute Gasteiger partial charge is 0.497 e. The number of anilines is 1. The molecule has 6 heteroatoms. The number of aryl methyl sites for hydroxylation is 1. The van der Waals surface area contributed by atoms with Crippen LogP contribution in [0.4, 0.5) is 5.69 Å². The third-order valence-electron chi connectivity index (χ3n) is 4.30. The number of hydrogen-bond acceptors (Lipinski definition) is 4. The number of amides is 1. The van der Waals surface area contributed by atoms with Gasteiger partial charge in [-0.1, -0.05) is 0 Å². The quantitative estimate of drug-likeness (QED) is 0.708. The van der Waals surface area contributed by atoms with Crippen LogP contribution < -0.4 is 14.4 Å². The molecular weight excluding hydrogens is 330 g/mol. The molecule has 4 rings (SSSR count). The summed E-state index contributed by atoms with van der Waals surface area (Å²) >= 11 is 0. The van der Waals surface area contributed by atoms with Crippen LogP contribution in [0.25, 0.3) is 0 Å². The summed E-state index contributed by atoms with van der Waals surface area (Å²) in [5, 5.41) is 4.28. The zero-order chi connectivity index (χ0) is 20.6. The normalized spacial score (nSPS) is 15.2. The molecule has 132 valence electrons. The lowest BCUT2D eigenvalue weighted by Crippen LogP contribution is -2.22. The smallest absolute Gasteiger partial charge is 0.258 e. The third kappa shape index (κ3) is 3.01. The number of aromatic nitrogens is 2. The summed E-state index contributed by atoms with van der Waals surface area (Å²) in [5.41, 5.74) is 2.99. The molecule has 2 aromatic carbocycles. The molecule has 0 saturated carbocycles. The number of nitrogens with zero attached hydrogens (tertiary/aromatic N) is 3. The van der Waals surface area contributed by atoms with Gasteiger partial charge in [-0.2, -0.15) is 5.10 Å². The molecule has 0 saturated heterocycles. The van der Waals surface area contributed by atoms with Crippen LogP contribution in [0.2, 0.25) is 0 Å². The second-order valence-electron chi connectivity index (χ2n) is 6.08. The summed E-state index contributed by atoms with van der Waals surface area (Å²) in [6.45, 7) is 0.761. The summed E-state index contributed by atoms with van der Waals surface area (Å²) in [6.07, 6.45) is 1.85. The average Bonchev–Trinajstić information content (AvgIpc) is 3.22. The Hall–Kier alpha value is -3.28. The minimum atomic E-state index is -2.51. The Morgan fingerprint density at radius 1 is 1.15 bits per heavy atom. The minimum absolute atomic E-state index is 0.110. The van der Waals surface area contributed by atoms with Gasteiger partial charge in [-0.3, -0.25) is 9.48 Å². The van der Waals surface area contributed by atoms with Crippen LogP contribution in [0.1, 0.15) is 25.7 Å². The number of ether oxygens (including phenoxy) is 2. The Kier molecular flexibility index (Phi) is 3.28. The molecule has 1 aliphatic heterocycles. The average molecular weight is 352 g/mol. The van der Waals surface area contributed by atoms with Crippen LogP contribution >= 0.6 is 0 Å². The molecule has 0 unspecified atom stereocenters. The molecular formula is C20H19N3O3. The van der Waals surface area contributed by atoms with E-state index in [4.69, 9.17) is 13.6 Å². The fraction of sp³-hybridized carbons (Fsp3) is 0.200. The Balaban J connectivity index is 1.46. The lowest BCUT2D eigenvalue weighted by atomic mass is 10.1. The molecule has 6 nitrogen and oxygen atoms in total. The predicted octanol–water partition coefficient (Wildman–Crippen LogP) is 3.17. The van der Waals surface area contributed by atoms with Crippen LogP contribution in [-0.2, 0) is 20.2 Å². The molecule has 1 aromatic heterocycles. The van der Waals surface area contributed by atoms with Crippen molar-refractivity contribution in [2.24, 2.45) is 7.05 Å². The fourth-order valence-electron chi connectivity index (χ4n) is 2.99. The molecule has 26 heavy (non-hydrogen) atoms. The fourth-order valence-corrected chi connectivity index (χ4v) is 2.99. The molecule has 1 aliphatic rings. The van der Waals surface area contributed by atoms with Crippen LogP contribution in [0.15, 0.2) is 54.7 Å². The van der Waals surface area contributed by atoms with Gasteiger partial charge >= 0.3 is 0 Å². The maximum Gasteiger partial charge on any atom is 0.258 e. The van der Waals surface area contributed by atoms with Crippen molar-refractivity contribution in [3.8, 4) is 11.5 Å². The zero-order valence-electron chi connectivity index (χ0n) is 17.2. The highest BCUT2D eigenvalue weighted by Gasteiger charge is 2.28. The maximum atomic E-state index is 12.8. The molecule has 0 aliphatic carbocycles. The van der Waals surface area contributed by atoms with E-state index in [2.05, 4.69) is 5.10 Å². The number of methoxy groups -OCH3 is 1. The Morgan fingerprint density at radius 3 is 2.69 bits per heavy atom. The lowest BCUT2D eigenvalue weighted by molar-refractivity contribution is 0.0996. The van der Waals surface area contributed by atoms with E-state index in [9.17, 15) is 4.79 Å². The van der Waals surface area contributed by atoms with Gasteiger partial charge in [0.25, 0.3) is 5.91 Å². The lowest BCUT2D eigenvalue weighted by Gasteiger charge is -2.15. The topological polar surface area (TPSA) is 56.6 Å². The summed E-state index contributed by atoms with van der Waals surface area (Å²) in [7, 11) is -0.659. The van der Waals surface area contributed by atoms with Gasteiger partial charge < -0.3 is 14.4 Å². The molecule has 1 amide bonds. The van der Waals surface area contributed by atoms with Crippen molar-refractivity contribution < 1.29 is 18.4 Å². The van der Waals surface area contributed by atoms with Gasteiger partial charge in [0, 0.05) is 24.5 Å². The van der Waals surface area contributed by atoms with Crippen molar-refractivity contribution in [1.82, 2.24) is 9.78 Å². The van der Waals surface area contributed by atoms with Crippen LogP contribution in [-0.4, -0.2) is 22.7 Å². The number of fused-ring (bicyclic) bond motifs is 1. The molecule has 0 bridgehead atoms. The van der Waals surface area contributed by atoms with Crippen molar-refractivity contribution in [2.45, 2.75) is 13.2 Å². The van der Waals surface area contributed by atoms with Crippen LogP contribution in [0.3, 0.4) is 0 Å². The molecule has 0 atom stereocenters. The molecule has 0 fully saturated rings. The predicted molar refractivity (Wildman–Crippen MR) is 97.5 cm³/mol. The second kappa shape index (κ2) is 6.55. The second-order valence-corrected chi connectivity index (χ2v) is 6.08. The number of rotatable bonds is 5. The highest BCUT2D eigenvalue weighted by molar-refractivity contribution is 6.10. The van der Waals surface area contributed by atoms with E-state index >= 15 is 0 Å². The first-order valence-electron chi connectivity index (χ1n) is 9.64. The van der Waals surface area contributed by atoms with Gasteiger partial charge in [0.15, 0.2) is 0 Å². The van der Waals surface area contributed by atoms with Gasteiger partial charge in [0.2, 0.25) is 0 Å². The number of benzene rings is 2. The van der Waals surface area contributed by atoms with Crippen LogP contribution in [0, 0.1) is 0 Å². The first kappa shape index (κ1) is 13.0. The number of carbonyl (C=O) groups is 1. The Bertz CT molecular complexity index is 1050. The highest BCUT2D eigenvalue weighted by Crippen LogP contribution is 2.31. The Labute approximate surface area is 155 Å². The van der Waals surface area contributed by atoms with Crippen molar-refractivity contribution in [3.63, 3.8) is 0 Å². The molecule has 0 spiro atoms. The van der Waals surface area contributed by atoms with E-state index in [1.54, 1.807) is 46.0 Å². The highest BCUT2D eigenvalue weighted by atomic mass is 16.5. The molecule has 0 N–H and O–H groups in total. The first-order valence-corrected chi connectivity index (χ1v) is 8.14. The van der Waals surface area contributed by atoms with Crippen molar-refractivity contribution in [1.29, 1.82) is 0 Å². The SMILES string of the molecule is [2H]C([2H])([2H])Oc1ccc(N2Cc3cc(OCc4ccn(C)n4)ccc3C2=O)cc1. The maximum absolute atomic E-state index is 12.8. The van der Waals surface area contributed by atoms with E-state index in [1.165, 1.54) is 0 Å². The van der Waals surface area contributed by atoms with E-state index in [0.717, 1.165) is 11.3 Å². The van der Waals surface area contributed by atoms with Gasteiger partial charge in [0.05, 0.1) is 23.4 Å². The zero-order valence-corrected chi connectivity index (χ0v) is 14.2. The van der Waals surface area contributed by atoms with E-state index in [0.29, 0.717) is 30.2 Å². The number of carbonyl (C=O) groups excluding carboxylic acids is 1. The third-order valence-corrected chi connectivity index (χ3v) is 4.30. The van der Waals surface area contributed by atoms with Crippen molar-refractivity contribution in [2.75, 3.05) is 11.9 Å². The first-order chi connectivity index (χ1) is 13.8. The monoisotopic (exact) mass is 352 g/mol. The molecule has 0 radical (unpaired) electrons. The van der Waals surface area contributed by atoms with Gasteiger partial charge in [-0.25, -0.2) is 0 Å². The molecule has 2 heterocycles. The van der Waals surface area contributed by atoms with Crippen molar-refractivity contribution in [3.05, 3.63) is 71.5 Å². The summed E-state index contributed by atoms with van der Waals surface area (Å²) in [6, 6.07) is 13.7. The van der Waals surface area contributed by atoms with Crippen LogP contribution in [0.5, 0.6) is 11.5 Å². The summed E-state index contributed by atoms with van der Waals surface area (Å²) < 4.78 is 33.8. The van der Waals surface area contributed by atoms with E-state index in [1.807, 2.05) is 25.4 Å².